The third-order valence-electron chi connectivity index (χ3n) is 3.68. The molecule has 3 rings (SSSR count). The fraction of sp³-hybridized carbons (Fsp3) is 0.188. The van der Waals surface area contributed by atoms with Gasteiger partial charge in [0, 0.05) is 24.5 Å². The van der Waals surface area contributed by atoms with Crippen molar-refractivity contribution >= 4 is 23.4 Å². The second kappa shape index (κ2) is 7.13. The summed E-state index contributed by atoms with van der Waals surface area (Å²) in [5, 5.41) is 8.30. The largest absolute Gasteiger partial charge is 0.455 e. The molecule has 0 spiro atoms. The van der Waals surface area contributed by atoms with Crippen LogP contribution >= 0.6 is 0 Å². The van der Waals surface area contributed by atoms with Gasteiger partial charge in [-0.05, 0) is 30.7 Å². The predicted octanol–water partition coefficient (Wildman–Crippen LogP) is 2.54. The van der Waals surface area contributed by atoms with Gasteiger partial charge in [-0.1, -0.05) is 5.16 Å². The van der Waals surface area contributed by atoms with Gasteiger partial charge in [0.05, 0.1) is 0 Å². The first-order chi connectivity index (χ1) is 13.2. The van der Waals surface area contributed by atoms with E-state index >= 15 is 0 Å². The first-order valence-electron chi connectivity index (χ1n) is 7.82. The minimum atomic E-state index is -4.74. The lowest BCUT2D eigenvalue weighted by atomic mass is 10.1. The zero-order chi connectivity index (χ0) is 20.5. The van der Waals surface area contributed by atoms with Crippen LogP contribution in [0.3, 0.4) is 0 Å². The number of carbonyl (C=O) groups excluding carboxylic acids is 1. The van der Waals surface area contributed by atoms with E-state index in [-0.39, 0.29) is 23.2 Å². The van der Waals surface area contributed by atoms with Gasteiger partial charge in [0.2, 0.25) is 5.95 Å². The molecule has 0 bridgehead atoms. The smallest absolute Gasteiger partial charge is 0.383 e. The summed E-state index contributed by atoms with van der Waals surface area (Å²) in [6.45, 7) is 1.77. The van der Waals surface area contributed by atoms with Crippen molar-refractivity contribution in [2.45, 2.75) is 13.1 Å². The van der Waals surface area contributed by atoms with Crippen LogP contribution in [0.2, 0.25) is 0 Å². The first-order valence-corrected chi connectivity index (χ1v) is 7.82. The molecule has 146 valence electrons. The number of rotatable bonds is 4. The summed E-state index contributed by atoms with van der Waals surface area (Å²) in [5.74, 6) is -2.12. The molecule has 1 aromatic carbocycles. The molecular formula is C16H14F3N7O2. The maximum absolute atomic E-state index is 12.6. The van der Waals surface area contributed by atoms with Crippen LogP contribution in [-0.4, -0.2) is 33.1 Å². The summed E-state index contributed by atoms with van der Waals surface area (Å²) >= 11 is 0. The zero-order valence-electron chi connectivity index (χ0n) is 14.6. The van der Waals surface area contributed by atoms with E-state index in [1.54, 1.807) is 25.1 Å². The van der Waals surface area contributed by atoms with Gasteiger partial charge in [0.1, 0.15) is 11.4 Å². The molecular weight excluding hydrogens is 379 g/mol. The van der Waals surface area contributed by atoms with Gasteiger partial charge in [-0.15, -0.1) is 0 Å². The van der Waals surface area contributed by atoms with E-state index < -0.39 is 17.9 Å². The third-order valence-corrected chi connectivity index (χ3v) is 3.68. The average Bonchev–Trinajstić information content (AvgIpc) is 3.11. The first kappa shape index (κ1) is 19.1. The lowest BCUT2D eigenvalue weighted by Crippen LogP contribution is -2.18. The number of hydrogen-bond donors (Lipinski definition) is 3. The van der Waals surface area contributed by atoms with Crippen molar-refractivity contribution in [3.8, 4) is 11.5 Å². The van der Waals surface area contributed by atoms with Crippen molar-refractivity contribution in [2.24, 2.45) is 0 Å². The number of alkyl halides is 3. The number of hydrogen-bond acceptors (Lipinski definition) is 8. The third kappa shape index (κ3) is 3.84. The van der Waals surface area contributed by atoms with E-state index in [1.807, 2.05) is 0 Å². The number of aryl methyl sites for hydroxylation is 1. The van der Waals surface area contributed by atoms with Gasteiger partial charge in [-0.3, -0.25) is 4.79 Å². The highest BCUT2D eigenvalue weighted by Crippen LogP contribution is 2.30. The van der Waals surface area contributed by atoms with E-state index in [0.29, 0.717) is 11.3 Å². The van der Waals surface area contributed by atoms with Crippen LogP contribution < -0.4 is 16.4 Å². The van der Waals surface area contributed by atoms with Gasteiger partial charge >= 0.3 is 6.18 Å². The average molecular weight is 393 g/mol. The number of aromatic nitrogens is 4. The van der Waals surface area contributed by atoms with Gasteiger partial charge in [-0.25, -0.2) is 4.98 Å². The van der Waals surface area contributed by atoms with E-state index in [4.69, 9.17) is 5.73 Å². The number of benzene rings is 1. The van der Waals surface area contributed by atoms with Crippen molar-refractivity contribution in [1.82, 2.24) is 25.4 Å². The van der Waals surface area contributed by atoms with Gasteiger partial charge in [0.15, 0.2) is 0 Å². The van der Waals surface area contributed by atoms with Gasteiger partial charge in [0.25, 0.3) is 17.6 Å². The number of nitrogens with one attached hydrogen (secondary N) is 2. The SMILES string of the molecule is CNC(=O)c1ccc(Nc2ncc(-c3nc(C(F)(F)F)no3)c(N)n2)cc1C. The highest BCUT2D eigenvalue weighted by atomic mass is 19.4. The quantitative estimate of drug-likeness (QED) is 0.616. The van der Waals surface area contributed by atoms with Crippen molar-refractivity contribution < 1.29 is 22.5 Å². The van der Waals surface area contributed by atoms with Crippen molar-refractivity contribution in [2.75, 3.05) is 18.1 Å². The molecule has 2 heterocycles. The fourth-order valence-electron chi connectivity index (χ4n) is 2.33. The minimum Gasteiger partial charge on any atom is -0.383 e. The Morgan fingerprint density at radius 3 is 2.57 bits per heavy atom. The molecule has 0 fully saturated rings. The van der Waals surface area contributed by atoms with E-state index in [2.05, 4.69) is 35.3 Å². The molecule has 28 heavy (non-hydrogen) atoms. The molecule has 3 aromatic rings. The number of carbonyl (C=O) groups is 1. The summed E-state index contributed by atoms with van der Waals surface area (Å²) in [5.41, 5.74) is 7.58. The molecule has 2 aromatic heterocycles. The van der Waals surface area contributed by atoms with Crippen LogP contribution in [-0.2, 0) is 6.18 Å². The van der Waals surface area contributed by atoms with Crippen LogP contribution in [0.4, 0.5) is 30.6 Å². The topological polar surface area (TPSA) is 132 Å². The minimum absolute atomic E-state index is 0.0281. The fourth-order valence-corrected chi connectivity index (χ4v) is 2.33. The Kier molecular flexibility index (Phi) is 4.86. The Labute approximate surface area is 156 Å². The van der Waals surface area contributed by atoms with Crippen molar-refractivity contribution in [3.05, 3.63) is 41.3 Å². The molecule has 1 amide bonds. The number of halogens is 3. The van der Waals surface area contributed by atoms with Crippen molar-refractivity contribution in [3.63, 3.8) is 0 Å². The Morgan fingerprint density at radius 1 is 1.25 bits per heavy atom. The molecule has 0 radical (unpaired) electrons. The molecule has 9 nitrogen and oxygen atoms in total. The standard InChI is InChI=1S/C16H14F3N7O2/c1-7-5-8(3-4-9(7)12(27)21-2)23-15-22-6-10(11(20)24-15)13-25-14(26-28-13)16(17,18)19/h3-6H,1-2H3,(H,21,27)(H3,20,22,23,24). The van der Waals surface area contributed by atoms with Crippen LogP contribution in [0.5, 0.6) is 0 Å². The molecule has 0 atom stereocenters. The second-order valence-electron chi connectivity index (χ2n) is 5.65. The molecule has 4 N–H and O–H groups in total. The summed E-state index contributed by atoms with van der Waals surface area (Å²) in [6.07, 6.45) is -3.57. The number of amides is 1. The number of nitrogens with two attached hydrogens (primary N) is 1. The van der Waals surface area contributed by atoms with E-state index in [9.17, 15) is 18.0 Å². The predicted molar refractivity (Wildman–Crippen MR) is 92.6 cm³/mol. The highest BCUT2D eigenvalue weighted by Gasteiger charge is 2.37. The number of nitrogen functional groups attached to an aromatic ring is 1. The lowest BCUT2D eigenvalue weighted by Gasteiger charge is -2.09. The van der Waals surface area contributed by atoms with Gasteiger partial charge < -0.3 is 20.9 Å². The van der Waals surface area contributed by atoms with Crippen LogP contribution in [0.15, 0.2) is 28.9 Å². The molecule has 0 aliphatic rings. The Morgan fingerprint density at radius 2 is 2.00 bits per heavy atom. The number of nitrogens with zero attached hydrogens (tertiary/aromatic N) is 4. The van der Waals surface area contributed by atoms with Gasteiger partial charge in [-0.2, -0.15) is 23.1 Å². The summed E-state index contributed by atoms with van der Waals surface area (Å²) < 4.78 is 42.3. The van der Waals surface area contributed by atoms with Crippen LogP contribution in [0.1, 0.15) is 21.7 Å². The van der Waals surface area contributed by atoms with E-state index in [0.717, 1.165) is 5.56 Å². The maximum atomic E-state index is 12.6. The summed E-state index contributed by atoms with van der Waals surface area (Å²) in [7, 11) is 1.53. The normalized spacial score (nSPS) is 11.3. The molecule has 0 aliphatic heterocycles. The zero-order valence-corrected chi connectivity index (χ0v) is 14.6. The Bertz CT molecular complexity index is 1030. The monoisotopic (exact) mass is 393 g/mol. The number of anilines is 3. The lowest BCUT2D eigenvalue weighted by molar-refractivity contribution is -0.146. The van der Waals surface area contributed by atoms with Crippen LogP contribution in [0.25, 0.3) is 11.5 Å². The summed E-state index contributed by atoms with van der Waals surface area (Å²) in [4.78, 5) is 23.0. The summed E-state index contributed by atoms with van der Waals surface area (Å²) in [6, 6.07) is 5.00. The molecule has 0 saturated carbocycles. The molecule has 0 saturated heterocycles. The van der Waals surface area contributed by atoms with Crippen molar-refractivity contribution in [1.29, 1.82) is 0 Å². The maximum Gasteiger partial charge on any atom is 0.455 e. The van der Waals surface area contributed by atoms with Crippen LogP contribution in [0, 0.1) is 6.92 Å². The highest BCUT2D eigenvalue weighted by molar-refractivity contribution is 5.95. The Balaban J connectivity index is 1.82. The Hall–Kier alpha value is -3.70. The second-order valence-corrected chi connectivity index (χ2v) is 5.65. The molecule has 0 aliphatic carbocycles. The molecule has 0 unspecified atom stereocenters. The van der Waals surface area contributed by atoms with E-state index in [1.165, 1.54) is 13.2 Å². The molecule has 12 heteroatoms.